The number of rotatable bonds is 4. The number of nitrogens with zero attached hydrogens (tertiary/aromatic N) is 2. The Morgan fingerprint density at radius 1 is 1.30 bits per heavy atom. The zero-order valence-corrected chi connectivity index (χ0v) is 10.8. The topological polar surface area (TPSA) is 135 Å². The van der Waals surface area contributed by atoms with E-state index in [0.29, 0.717) is 0 Å². The van der Waals surface area contributed by atoms with Crippen molar-refractivity contribution in [1.29, 1.82) is 0 Å². The van der Waals surface area contributed by atoms with Crippen molar-refractivity contribution in [2.24, 2.45) is 0 Å². The molecule has 0 aliphatic carbocycles. The van der Waals surface area contributed by atoms with E-state index in [1.54, 1.807) is 0 Å². The van der Waals surface area contributed by atoms with Crippen LogP contribution in [0, 0.1) is 0 Å². The zero-order valence-electron chi connectivity index (χ0n) is 10.0. The Bertz CT molecular complexity index is 746. The number of sulfonamides is 1. The minimum absolute atomic E-state index is 0.0133. The zero-order chi connectivity index (χ0) is 14.8. The molecule has 0 atom stereocenters. The van der Waals surface area contributed by atoms with Gasteiger partial charge in [0.1, 0.15) is 4.90 Å². The largest absolute Gasteiger partial charge is 0.478 e. The molecule has 1 aromatic carbocycles. The second-order valence-corrected chi connectivity index (χ2v) is 5.43. The van der Waals surface area contributed by atoms with Crippen LogP contribution in [0.1, 0.15) is 10.4 Å². The summed E-state index contributed by atoms with van der Waals surface area (Å²) in [6.45, 7) is 0. The summed E-state index contributed by atoms with van der Waals surface area (Å²) in [4.78, 5) is 10.7. The van der Waals surface area contributed by atoms with Gasteiger partial charge in [0.15, 0.2) is 5.82 Å². The molecule has 0 aliphatic heterocycles. The van der Waals surface area contributed by atoms with Crippen LogP contribution in [0.3, 0.4) is 0 Å². The third-order valence-corrected chi connectivity index (χ3v) is 3.75. The summed E-state index contributed by atoms with van der Waals surface area (Å²) in [7, 11) is -4.09. The highest BCUT2D eigenvalue weighted by molar-refractivity contribution is 7.92. The minimum Gasteiger partial charge on any atom is -0.478 e. The lowest BCUT2D eigenvalue weighted by Crippen LogP contribution is -2.18. The Labute approximate surface area is 114 Å². The first-order valence-electron chi connectivity index (χ1n) is 5.33. The number of hydrogen-bond donors (Lipinski definition) is 3. The van der Waals surface area contributed by atoms with Crippen LogP contribution < -0.4 is 10.5 Å². The molecule has 0 radical (unpaired) electrons. The van der Waals surface area contributed by atoms with Crippen molar-refractivity contribution in [3.63, 3.8) is 0 Å². The third kappa shape index (κ3) is 2.83. The van der Waals surface area contributed by atoms with Gasteiger partial charge >= 0.3 is 5.97 Å². The van der Waals surface area contributed by atoms with Gasteiger partial charge in [-0.05, 0) is 30.3 Å². The van der Waals surface area contributed by atoms with Crippen LogP contribution in [0.2, 0.25) is 0 Å². The number of anilines is 2. The van der Waals surface area contributed by atoms with Crippen LogP contribution in [-0.2, 0) is 10.0 Å². The van der Waals surface area contributed by atoms with E-state index in [0.717, 1.165) is 12.1 Å². The van der Waals surface area contributed by atoms with Gasteiger partial charge in [-0.15, -0.1) is 5.10 Å². The van der Waals surface area contributed by atoms with Gasteiger partial charge in [0.25, 0.3) is 10.0 Å². The maximum atomic E-state index is 12.2. The molecule has 104 valence electrons. The summed E-state index contributed by atoms with van der Waals surface area (Å²) >= 11 is 0. The molecule has 0 saturated carbocycles. The number of hydrogen-bond acceptors (Lipinski definition) is 6. The predicted molar refractivity (Wildman–Crippen MR) is 70.7 cm³/mol. The van der Waals surface area contributed by atoms with Crippen molar-refractivity contribution in [1.82, 2.24) is 10.2 Å². The van der Waals surface area contributed by atoms with Gasteiger partial charge in [0.05, 0.1) is 5.56 Å². The Balaban J connectivity index is 2.47. The molecule has 0 saturated heterocycles. The first kappa shape index (κ1) is 13.7. The van der Waals surface area contributed by atoms with Crippen molar-refractivity contribution in [2.75, 3.05) is 10.5 Å². The molecule has 1 aromatic heterocycles. The highest BCUT2D eigenvalue weighted by Crippen LogP contribution is 2.21. The average Bonchev–Trinajstić information content (AvgIpc) is 2.38. The van der Waals surface area contributed by atoms with Gasteiger partial charge in [-0.3, -0.25) is 4.72 Å². The average molecular weight is 294 g/mol. The number of carboxylic acids is 1. The number of nitrogens with two attached hydrogens (primary N) is 1. The molecule has 0 amide bonds. The molecule has 1 heterocycles. The Hall–Kier alpha value is -2.68. The van der Waals surface area contributed by atoms with Crippen molar-refractivity contribution in [3.8, 4) is 0 Å². The van der Waals surface area contributed by atoms with Gasteiger partial charge in [0, 0.05) is 11.9 Å². The first-order chi connectivity index (χ1) is 9.40. The number of aromatic nitrogens is 2. The normalized spacial score (nSPS) is 11.0. The summed E-state index contributed by atoms with van der Waals surface area (Å²) in [5.41, 5.74) is 5.20. The minimum atomic E-state index is -4.09. The fourth-order valence-electron chi connectivity index (χ4n) is 1.50. The van der Waals surface area contributed by atoms with Gasteiger partial charge in [-0.1, -0.05) is 0 Å². The second kappa shape index (κ2) is 5.13. The van der Waals surface area contributed by atoms with E-state index in [-0.39, 0.29) is 11.5 Å². The van der Waals surface area contributed by atoms with Gasteiger partial charge in [-0.2, -0.15) is 5.10 Å². The van der Waals surface area contributed by atoms with Crippen LogP contribution in [-0.4, -0.2) is 29.7 Å². The monoisotopic (exact) mass is 294 g/mol. The molecule has 2 rings (SSSR count). The number of carboxylic acid groups (broad SMARTS) is 1. The van der Waals surface area contributed by atoms with E-state index in [1.165, 1.54) is 24.4 Å². The van der Waals surface area contributed by atoms with Crippen LogP contribution in [0.5, 0.6) is 0 Å². The lowest BCUT2D eigenvalue weighted by atomic mass is 10.2. The SMILES string of the molecule is Nc1ccc(S(=O)(=O)Nc2cccnn2)c(C(=O)O)c1. The van der Waals surface area contributed by atoms with Crippen LogP contribution >= 0.6 is 0 Å². The number of nitrogens with one attached hydrogen (secondary N) is 1. The Morgan fingerprint density at radius 3 is 2.65 bits per heavy atom. The van der Waals surface area contributed by atoms with E-state index in [2.05, 4.69) is 14.9 Å². The third-order valence-electron chi connectivity index (χ3n) is 2.33. The van der Waals surface area contributed by atoms with Crippen LogP contribution in [0.25, 0.3) is 0 Å². The molecular formula is C11H10N4O4S. The smallest absolute Gasteiger partial charge is 0.337 e. The van der Waals surface area contributed by atoms with Gasteiger partial charge < -0.3 is 10.8 Å². The number of benzene rings is 1. The first-order valence-corrected chi connectivity index (χ1v) is 6.82. The van der Waals surface area contributed by atoms with Crippen LogP contribution in [0.4, 0.5) is 11.5 Å². The lowest BCUT2D eigenvalue weighted by Gasteiger charge is -2.09. The maximum absolute atomic E-state index is 12.2. The molecule has 0 aliphatic rings. The summed E-state index contributed by atoms with van der Waals surface area (Å²) in [5, 5.41) is 16.1. The molecule has 0 spiro atoms. The highest BCUT2D eigenvalue weighted by Gasteiger charge is 2.23. The standard InChI is InChI=1S/C11H10N4O4S/c12-7-3-4-9(8(6-7)11(16)17)20(18,19)15-10-2-1-5-13-14-10/h1-6H,12H2,(H,14,15)(H,16,17). The summed E-state index contributed by atoms with van der Waals surface area (Å²) < 4.78 is 26.5. The summed E-state index contributed by atoms with van der Waals surface area (Å²) in [5.74, 6) is -1.41. The molecule has 8 nitrogen and oxygen atoms in total. The van der Waals surface area contributed by atoms with Gasteiger partial charge in [-0.25, -0.2) is 13.2 Å². The summed E-state index contributed by atoms with van der Waals surface area (Å²) in [6, 6.07) is 6.39. The quantitative estimate of drug-likeness (QED) is 0.701. The van der Waals surface area contributed by atoms with Crippen molar-refractivity contribution < 1.29 is 18.3 Å². The van der Waals surface area contributed by atoms with E-state index in [9.17, 15) is 13.2 Å². The molecule has 9 heteroatoms. The summed E-state index contributed by atoms with van der Waals surface area (Å²) in [6.07, 6.45) is 1.38. The van der Waals surface area contributed by atoms with E-state index < -0.39 is 26.5 Å². The van der Waals surface area contributed by atoms with E-state index in [1.807, 2.05) is 0 Å². The van der Waals surface area contributed by atoms with Crippen molar-refractivity contribution >= 4 is 27.5 Å². The van der Waals surface area contributed by atoms with Gasteiger partial charge in [0.2, 0.25) is 0 Å². The Kier molecular flexibility index (Phi) is 3.53. The fourth-order valence-corrected chi connectivity index (χ4v) is 2.67. The second-order valence-electron chi connectivity index (χ2n) is 3.78. The van der Waals surface area contributed by atoms with Crippen molar-refractivity contribution in [2.45, 2.75) is 4.90 Å². The number of carbonyl (C=O) groups is 1. The maximum Gasteiger partial charge on any atom is 0.337 e. The van der Waals surface area contributed by atoms with Crippen LogP contribution in [0.15, 0.2) is 41.4 Å². The number of nitrogen functional groups attached to an aromatic ring is 1. The molecule has 4 N–H and O–H groups in total. The number of aromatic carboxylic acids is 1. The molecule has 0 unspecified atom stereocenters. The predicted octanol–water partition coefficient (Wildman–Crippen LogP) is 0.558. The van der Waals surface area contributed by atoms with E-state index >= 15 is 0 Å². The van der Waals surface area contributed by atoms with E-state index in [4.69, 9.17) is 10.8 Å². The Morgan fingerprint density at radius 2 is 2.05 bits per heavy atom. The molecular weight excluding hydrogens is 284 g/mol. The molecule has 0 bridgehead atoms. The highest BCUT2D eigenvalue weighted by atomic mass is 32.2. The molecule has 0 fully saturated rings. The molecule has 2 aromatic rings. The van der Waals surface area contributed by atoms with Crippen molar-refractivity contribution in [3.05, 3.63) is 42.1 Å². The molecule has 20 heavy (non-hydrogen) atoms. The lowest BCUT2D eigenvalue weighted by molar-refractivity contribution is 0.0692. The fraction of sp³-hybridized carbons (Fsp3) is 0.